The summed E-state index contributed by atoms with van der Waals surface area (Å²) < 4.78 is 0. The zero-order chi connectivity index (χ0) is 15.8. The average molecular weight is 306 g/mol. The van der Waals surface area contributed by atoms with Gasteiger partial charge in [0.15, 0.2) is 0 Å². The lowest BCUT2D eigenvalue weighted by atomic mass is 9.90. The van der Waals surface area contributed by atoms with Gasteiger partial charge in [0.25, 0.3) is 0 Å². The molecule has 0 spiro atoms. The number of benzene rings is 2. The summed E-state index contributed by atoms with van der Waals surface area (Å²) in [6.07, 6.45) is 2.06. The Kier molecular flexibility index (Phi) is 3.66. The van der Waals surface area contributed by atoms with Crippen LogP contribution in [0.4, 0.5) is 0 Å². The molecule has 3 heteroatoms. The Hall–Kier alpha value is -2.13. The van der Waals surface area contributed by atoms with Crippen LogP contribution in [0.25, 0.3) is 0 Å². The molecule has 1 aliphatic heterocycles. The highest BCUT2D eigenvalue weighted by Gasteiger charge is 2.30. The minimum absolute atomic E-state index is 0.0891. The van der Waals surface area contributed by atoms with Crippen LogP contribution < -0.4 is 10.6 Å². The van der Waals surface area contributed by atoms with Gasteiger partial charge in [0, 0.05) is 13.1 Å². The van der Waals surface area contributed by atoms with Crippen LogP contribution in [0.15, 0.2) is 42.5 Å². The fourth-order valence-corrected chi connectivity index (χ4v) is 3.87. The summed E-state index contributed by atoms with van der Waals surface area (Å²) in [6.45, 7) is 3.68. The molecule has 2 unspecified atom stereocenters. The molecule has 2 N–H and O–H groups in total. The molecule has 0 saturated heterocycles. The van der Waals surface area contributed by atoms with E-state index >= 15 is 0 Å². The number of aryl methyl sites for hydroxylation is 2. The third-order valence-electron chi connectivity index (χ3n) is 5.11. The SMILES string of the molecule is Cc1ccc2c(c1)C(NC(=O)C1CNCc3ccccc31)CC2. The van der Waals surface area contributed by atoms with Crippen molar-refractivity contribution in [2.24, 2.45) is 0 Å². The van der Waals surface area contributed by atoms with Gasteiger partial charge >= 0.3 is 0 Å². The Balaban J connectivity index is 1.55. The molecule has 2 aliphatic rings. The van der Waals surface area contributed by atoms with Crippen LogP contribution in [-0.4, -0.2) is 12.5 Å². The van der Waals surface area contributed by atoms with Gasteiger partial charge in [-0.3, -0.25) is 4.79 Å². The largest absolute Gasteiger partial charge is 0.349 e. The number of rotatable bonds is 2. The minimum Gasteiger partial charge on any atom is -0.349 e. The normalized spacial score (nSPS) is 22.3. The van der Waals surface area contributed by atoms with Crippen molar-refractivity contribution in [3.05, 3.63) is 70.3 Å². The first-order valence-corrected chi connectivity index (χ1v) is 8.40. The summed E-state index contributed by atoms with van der Waals surface area (Å²) in [7, 11) is 0. The van der Waals surface area contributed by atoms with Gasteiger partial charge in [-0.25, -0.2) is 0 Å². The minimum atomic E-state index is -0.0891. The van der Waals surface area contributed by atoms with Gasteiger partial charge in [-0.1, -0.05) is 48.0 Å². The number of carbonyl (C=O) groups is 1. The number of nitrogens with one attached hydrogen (secondary N) is 2. The Morgan fingerprint density at radius 3 is 2.91 bits per heavy atom. The highest BCUT2D eigenvalue weighted by atomic mass is 16.2. The van der Waals surface area contributed by atoms with E-state index in [-0.39, 0.29) is 17.9 Å². The van der Waals surface area contributed by atoms with E-state index in [0.29, 0.717) is 0 Å². The van der Waals surface area contributed by atoms with E-state index in [0.717, 1.165) is 25.9 Å². The lowest BCUT2D eigenvalue weighted by Crippen LogP contribution is -2.39. The third kappa shape index (κ3) is 2.66. The summed E-state index contributed by atoms with van der Waals surface area (Å²) in [5.41, 5.74) is 6.35. The van der Waals surface area contributed by atoms with Crippen LogP contribution in [0.1, 0.15) is 46.2 Å². The van der Waals surface area contributed by atoms with E-state index in [4.69, 9.17) is 0 Å². The van der Waals surface area contributed by atoms with E-state index in [1.54, 1.807) is 0 Å². The molecule has 3 nitrogen and oxygen atoms in total. The van der Waals surface area contributed by atoms with Gasteiger partial charge in [-0.2, -0.15) is 0 Å². The Labute approximate surface area is 137 Å². The Morgan fingerprint density at radius 2 is 2.00 bits per heavy atom. The van der Waals surface area contributed by atoms with E-state index < -0.39 is 0 Å². The smallest absolute Gasteiger partial charge is 0.229 e. The third-order valence-corrected chi connectivity index (χ3v) is 5.11. The van der Waals surface area contributed by atoms with Crippen molar-refractivity contribution >= 4 is 5.91 Å². The zero-order valence-corrected chi connectivity index (χ0v) is 13.4. The number of hydrogen-bond donors (Lipinski definition) is 2. The summed E-state index contributed by atoms with van der Waals surface area (Å²) in [5, 5.41) is 6.66. The zero-order valence-electron chi connectivity index (χ0n) is 13.4. The Bertz CT molecular complexity index is 753. The number of hydrogen-bond acceptors (Lipinski definition) is 2. The standard InChI is InChI=1S/C20H22N2O/c1-13-6-7-14-8-9-19(17(14)10-13)22-20(23)18-12-21-11-15-4-2-3-5-16(15)18/h2-7,10,18-19,21H,8-9,11-12H2,1H3,(H,22,23). The van der Waals surface area contributed by atoms with Gasteiger partial charge in [-0.05, 0) is 42.0 Å². The van der Waals surface area contributed by atoms with Gasteiger partial charge in [0.05, 0.1) is 12.0 Å². The van der Waals surface area contributed by atoms with Crippen molar-refractivity contribution in [3.63, 3.8) is 0 Å². The molecule has 118 valence electrons. The first-order chi connectivity index (χ1) is 11.2. The maximum Gasteiger partial charge on any atom is 0.229 e. The van der Waals surface area contributed by atoms with Crippen LogP contribution >= 0.6 is 0 Å². The molecule has 23 heavy (non-hydrogen) atoms. The molecule has 1 aliphatic carbocycles. The number of amides is 1. The van der Waals surface area contributed by atoms with Gasteiger partial charge in [-0.15, -0.1) is 0 Å². The molecule has 1 heterocycles. The van der Waals surface area contributed by atoms with Crippen LogP contribution in [0.2, 0.25) is 0 Å². The first-order valence-electron chi connectivity index (χ1n) is 8.40. The lowest BCUT2D eigenvalue weighted by molar-refractivity contribution is -0.123. The van der Waals surface area contributed by atoms with Crippen molar-refractivity contribution in [2.75, 3.05) is 6.54 Å². The topological polar surface area (TPSA) is 41.1 Å². The van der Waals surface area contributed by atoms with E-state index in [9.17, 15) is 4.79 Å². The highest BCUT2D eigenvalue weighted by Crippen LogP contribution is 2.33. The van der Waals surface area contributed by atoms with E-state index in [1.165, 1.54) is 27.8 Å². The lowest BCUT2D eigenvalue weighted by Gasteiger charge is -2.27. The molecular weight excluding hydrogens is 284 g/mol. The van der Waals surface area contributed by atoms with Gasteiger partial charge in [0.1, 0.15) is 0 Å². The second kappa shape index (κ2) is 5.82. The second-order valence-corrected chi connectivity index (χ2v) is 6.68. The molecule has 0 bridgehead atoms. The van der Waals surface area contributed by atoms with Crippen molar-refractivity contribution in [1.29, 1.82) is 0 Å². The van der Waals surface area contributed by atoms with E-state index in [1.807, 2.05) is 12.1 Å². The molecule has 2 aromatic carbocycles. The maximum absolute atomic E-state index is 12.9. The van der Waals surface area contributed by atoms with Crippen LogP contribution in [0.3, 0.4) is 0 Å². The van der Waals surface area contributed by atoms with Gasteiger partial charge in [0.2, 0.25) is 5.91 Å². The number of carbonyl (C=O) groups excluding carboxylic acids is 1. The predicted molar refractivity (Wildman–Crippen MR) is 91.3 cm³/mol. The molecule has 0 saturated carbocycles. The molecular formula is C20H22N2O. The molecule has 2 aromatic rings. The summed E-state index contributed by atoms with van der Waals surface area (Å²) in [6, 6.07) is 15.0. The van der Waals surface area contributed by atoms with Crippen LogP contribution in [0, 0.1) is 6.92 Å². The molecule has 0 radical (unpaired) electrons. The van der Waals surface area contributed by atoms with Crippen molar-refractivity contribution in [2.45, 2.75) is 38.3 Å². The first kappa shape index (κ1) is 14.5. The summed E-state index contributed by atoms with van der Waals surface area (Å²) in [4.78, 5) is 12.9. The predicted octanol–water partition coefficient (Wildman–Crippen LogP) is 2.99. The van der Waals surface area contributed by atoms with Crippen LogP contribution in [0.5, 0.6) is 0 Å². The highest BCUT2D eigenvalue weighted by molar-refractivity contribution is 5.85. The summed E-state index contributed by atoms with van der Waals surface area (Å²) in [5.74, 6) is 0.0535. The molecule has 2 atom stereocenters. The molecule has 1 amide bonds. The molecule has 0 fully saturated rings. The Morgan fingerprint density at radius 1 is 1.13 bits per heavy atom. The summed E-state index contributed by atoms with van der Waals surface area (Å²) >= 11 is 0. The maximum atomic E-state index is 12.9. The van der Waals surface area contributed by atoms with Gasteiger partial charge < -0.3 is 10.6 Å². The van der Waals surface area contributed by atoms with Crippen LogP contribution in [-0.2, 0) is 17.8 Å². The quantitative estimate of drug-likeness (QED) is 0.895. The number of fused-ring (bicyclic) bond motifs is 2. The second-order valence-electron chi connectivity index (χ2n) is 6.68. The molecule has 0 aromatic heterocycles. The van der Waals surface area contributed by atoms with E-state index in [2.05, 4.69) is 47.9 Å². The molecule has 4 rings (SSSR count). The fourth-order valence-electron chi connectivity index (χ4n) is 3.87. The average Bonchev–Trinajstić information content (AvgIpc) is 2.96. The fraction of sp³-hybridized carbons (Fsp3) is 0.350. The van der Waals surface area contributed by atoms with Crippen molar-refractivity contribution < 1.29 is 4.79 Å². The van der Waals surface area contributed by atoms with Crippen molar-refractivity contribution in [3.8, 4) is 0 Å². The monoisotopic (exact) mass is 306 g/mol. The van der Waals surface area contributed by atoms with Crippen molar-refractivity contribution in [1.82, 2.24) is 10.6 Å².